The normalized spacial score (nSPS) is 20.9. The van der Waals surface area contributed by atoms with Gasteiger partial charge in [-0.15, -0.1) is 0 Å². The topological polar surface area (TPSA) is 12.4 Å². The van der Waals surface area contributed by atoms with Crippen molar-refractivity contribution in [3.8, 4) is 0 Å². The van der Waals surface area contributed by atoms with Crippen LogP contribution in [0.4, 0.5) is 0 Å². The van der Waals surface area contributed by atoms with Gasteiger partial charge in [-0.3, -0.25) is 4.99 Å². The van der Waals surface area contributed by atoms with Crippen LogP contribution in [0.3, 0.4) is 0 Å². The Labute approximate surface area is 58.3 Å². The molecular weight excluding hydrogens is 138 g/mol. The average Bonchev–Trinajstić information content (AvgIpc) is 1.90. The molecule has 0 bridgehead atoms. The molecule has 1 nitrogen and oxygen atoms in total. The van der Waals surface area contributed by atoms with E-state index in [9.17, 15) is 0 Å². The monoisotopic (exact) mass is 147 g/mol. The van der Waals surface area contributed by atoms with Gasteiger partial charge >= 0.3 is 0 Å². The van der Waals surface area contributed by atoms with Gasteiger partial charge in [-0.05, 0) is 6.42 Å². The first-order valence-electron chi connectivity index (χ1n) is 2.66. The molecule has 0 unspecified atom stereocenters. The number of rotatable bonds is 0. The number of thioether (sulfide) groups is 2. The lowest BCUT2D eigenvalue weighted by Gasteiger charge is -2.09. The predicted octanol–water partition coefficient (Wildman–Crippen LogP) is 1.84. The Morgan fingerprint density at radius 3 is 2.38 bits per heavy atom. The van der Waals surface area contributed by atoms with Crippen LogP contribution < -0.4 is 0 Å². The van der Waals surface area contributed by atoms with E-state index in [1.54, 1.807) is 0 Å². The summed E-state index contributed by atoms with van der Waals surface area (Å²) in [7, 11) is 1.86. The van der Waals surface area contributed by atoms with Crippen LogP contribution >= 0.6 is 23.5 Å². The summed E-state index contributed by atoms with van der Waals surface area (Å²) in [5, 5.41) is 0. The van der Waals surface area contributed by atoms with Crippen molar-refractivity contribution in [1.82, 2.24) is 0 Å². The first kappa shape index (κ1) is 6.49. The lowest BCUT2D eigenvalue weighted by Crippen LogP contribution is -1.98. The van der Waals surface area contributed by atoms with Gasteiger partial charge in [-0.2, -0.15) is 0 Å². The molecule has 1 saturated heterocycles. The molecule has 0 saturated carbocycles. The van der Waals surface area contributed by atoms with E-state index in [1.807, 2.05) is 30.6 Å². The summed E-state index contributed by atoms with van der Waals surface area (Å²) in [6.45, 7) is 0. The molecule has 0 aliphatic carbocycles. The summed E-state index contributed by atoms with van der Waals surface area (Å²) < 4.78 is 1.26. The molecule has 0 atom stereocenters. The number of nitrogens with zero attached hydrogens (tertiary/aromatic N) is 1. The highest BCUT2D eigenvalue weighted by molar-refractivity contribution is 8.39. The fourth-order valence-electron chi connectivity index (χ4n) is 0.549. The minimum atomic E-state index is 1.26. The zero-order valence-corrected chi connectivity index (χ0v) is 6.52. The number of hydrogen-bond acceptors (Lipinski definition) is 3. The number of hydrogen-bond donors (Lipinski definition) is 0. The largest absolute Gasteiger partial charge is 0.275 e. The third-order valence-corrected chi connectivity index (χ3v) is 3.47. The molecule has 0 spiro atoms. The Morgan fingerprint density at radius 2 is 2.00 bits per heavy atom. The Morgan fingerprint density at radius 1 is 1.38 bits per heavy atom. The van der Waals surface area contributed by atoms with Crippen LogP contribution in [0.1, 0.15) is 6.42 Å². The summed E-state index contributed by atoms with van der Waals surface area (Å²) in [6, 6.07) is 0. The molecule has 0 aromatic carbocycles. The van der Waals surface area contributed by atoms with Crippen molar-refractivity contribution in [2.45, 2.75) is 6.42 Å². The molecule has 1 aliphatic rings. The highest BCUT2D eigenvalue weighted by Crippen LogP contribution is 2.24. The smallest absolute Gasteiger partial charge is 0.124 e. The zero-order valence-electron chi connectivity index (χ0n) is 4.89. The van der Waals surface area contributed by atoms with E-state index in [0.717, 1.165) is 0 Å². The van der Waals surface area contributed by atoms with Crippen molar-refractivity contribution in [2.75, 3.05) is 18.6 Å². The first-order valence-corrected chi connectivity index (χ1v) is 4.63. The van der Waals surface area contributed by atoms with Crippen LogP contribution in [-0.2, 0) is 0 Å². The molecule has 1 aliphatic heterocycles. The van der Waals surface area contributed by atoms with Crippen LogP contribution in [-0.4, -0.2) is 22.9 Å². The van der Waals surface area contributed by atoms with Crippen LogP contribution in [0.2, 0.25) is 0 Å². The van der Waals surface area contributed by atoms with E-state index < -0.39 is 0 Å². The second kappa shape index (κ2) is 3.41. The fourth-order valence-corrected chi connectivity index (χ4v) is 2.75. The Kier molecular flexibility index (Phi) is 2.76. The van der Waals surface area contributed by atoms with Crippen molar-refractivity contribution in [1.29, 1.82) is 0 Å². The summed E-state index contributed by atoms with van der Waals surface area (Å²) in [5.41, 5.74) is 0. The average molecular weight is 147 g/mol. The highest BCUT2D eigenvalue weighted by Gasteiger charge is 2.05. The molecule has 0 N–H and O–H groups in total. The third kappa shape index (κ3) is 1.71. The van der Waals surface area contributed by atoms with E-state index in [-0.39, 0.29) is 0 Å². The third-order valence-electron chi connectivity index (χ3n) is 0.922. The van der Waals surface area contributed by atoms with E-state index in [2.05, 4.69) is 4.99 Å². The lowest BCUT2D eigenvalue weighted by molar-refractivity contribution is 1.13. The molecule has 1 heterocycles. The molecule has 1 fully saturated rings. The van der Waals surface area contributed by atoms with Gasteiger partial charge in [0.2, 0.25) is 0 Å². The van der Waals surface area contributed by atoms with Crippen molar-refractivity contribution >= 4 is 27.9 Å². The minimum Gasteiger partial charge on any atom is -0.275 e. The Hall–Kier alpha value is 0.370. The van der Waals surface area contributed by atoms with Crippen LogP contribution in [0.5, 0.6) is 0 Å². The highest BCUT2D eigenvalue weighted by atomic mass is 32.2. The zero-order chi connectivity index (χ0) is 5.82. The van der Waals surface area contributed by atoms with Crippen molar-refractivity contribution in [3.05, 3.63) is 0 Å². The molecule has 0 aromatic heterocycles. The maximum absolute atomic E-state index is 4.09. The molecule has 0 aromatic rings. The fraction of sp³-hybridized carbons (Fsp3) is 0.800. The number of aliphatic imine (C=N–C) groups is 1. The first-order chi connectivity index (χ1) is 3.93. The molecule has 0 radical (unpaired) electrons. The van der Waals surface area contributed by atoms with E-state index >= 15 is 0 Å². The SMILES string of the molecule is CN=C1SCCCS1. The van der Waals surface area contributed by atoms with Crippen molar-refractivity contribution in [3.63, 3.8) is 0 Å². The molecule has 3 heteroatoms. The summed E-state index contributed by atoms with van der Waals surface area (Å²) >= 11 is 3.75. The Balaban J connectivity index is 2.33. The van der Waals surface area contributed by atoms with Gasteiger partial charge in [-0.1, -0.05) is 23.5 Å². The van der Waals surface area contributed by atoms with Gasteiger partial charge in [0.15, 0.2) is 0 Å². The predicted molar refractivity (Wildman–Crippen MR) is 42.9 cm³/mol. The van der Waals surface area contributed by atoms with E-state index in [0.29, 0.717) is 0 Å². The maximum atomic E-state index is 4.09. The quantitative estimate of drug-likeness (QED) is 0.518. The van der Waals surface area contributed by atoms with Crippen LogP contribution in [0.25, 0.3) is 0 Å². The summed E-state index contributed by atoms with van der Waals surface area (Å²) in [5.74, 6) is 2.53. The van der Waals surface area contributed by atoms with Gasteiger partial charge < -0.3 is 0 Å². The lowest BCUT2D eigenvalue weighted by atomic mass is 10.6. The Bertz CT molecular complexity index is 92.6. The molecule has 8 heavy (non-hydrogen) atoms. The summed E-state index contributed by atoms with van der Waals surface area (Å²) in [6.07, 6.45) is 1.34. The van der Waals surface area contributed by atoms with Crippen LogP contribution in [0, 0.1) is 0 Å². The van der Waals surface area contributed by atoms with Crippen molar-refractivity contribution < 1.29 is 0 Å². The van der Waals surface area contributed by atoms with Gasteiger partial charge in [0.25, 0.3) is 0 Å². The van der Waals surface area contributed by atoms with Gasteiger partial charge in [0.1, 0.15) is 4.38 Å². The van der Waals surface area contributed by atoms with E-state index in [1.165, 1.54) is 22.3 Å². The van der Waals surface area contributed by atoms with E-state index in [4.69, 9.17) is 0 Å². The molecular formula is C5H9NS2. The molecule has 1 rings (SSSR count). The minimum absolute atomic E-state index is 1.26. The van der Waals surface area contributed by atoms with Crippen LogP contribution in [0.15, 0.2) is 4.99 Å². The molecule has 46 valence electrons. The second-order valence-corrected chi connectivity index (χ2v) is 3.97. The van der Waals surface area contributed by atoms with Gasteiger partial charge in [0.05, 0.1) is 0 Å². The standard InChI is InChI=1S/C5H9NS2/c1-6-5-7-3-2-4-8-5/h2-4H2,1H3. The summed E-state index contributed by atoms with van der Waals surface area (Å²) in [4.78, 5) is 4.09. The maximum Gasteiger partial charge on any atom is 0.124 e. The van der Waals surface area contributed by atoms with Crippen molar-refractivity contribution in [2.24, 2.45) is 4.99 Å². The molecule has 0 amide bonds. The van der Waals surface area contributed by atoms with Gasteiger partial charge in [-0.25, -0.2) is 0 Å². The second-order valence-electron chi connectivity index (χ2n) is 1.54. The van der Waals surface area contributed by atoms with Gasteiger partial charge in [0, 0.05) is 18.6 Å².